The fourth-order valence-corrected chi connectivity index (χ4v) is 6.07. The van der Waals surface area contributed by atoms with Gasteiger partial charge in [0, 0.05) is 12.1 Å². The molecule has 0 saturated carbocycles. The molecule has 240 valence electrons. The minimum Gasteiger partial charge on any atom is -0.406 e. The third kappa shape index (κ3) is 8.13. The molecule has 1 saturated heterocycles. The number of aryl methyl sites for hydroxylation is 2. The number of anilines is 1. The van der Waals surface area contributed by atoms with Gasteiger partial charge in [0.05, 0.1) is 17.1 Å². The maximum atomic E-state index is 12.7. The van der Waals surface area contributed by atoms with Crippen molar-refractivity contribution in [2.45, 2.75) is 52.3 Å². The second kappa shape index (κ2) is 14.2. The lowest BCUT2D eigenvalue weighted by Gasteiger charge is -2.23. The molecule has 13 heteroatoms. The van der Waals surface area contributed by atoms with Crippen LogP contribution >= 0.6 is 11.8 Å². The fraction of sp³-hybridized carbons (Fsp3) is 0.303. The van der Waals surface area contributed by atoms with Crippen molar-refractivity contribution in [3.8, 4) is 22.8 Å². The van der Waals surface area contributed by atoms with Crippen LogP contribution in [0.5, 0.6) is 5.75 Å². The Balaban J connectivity index is 1.09. The summed E-state index contributed by atoms with van der Waals surface area (Å²) in [7, 11) is 0. The Morgan fingerprint density at radius 3 is 2.50 bits per heavy atom. The van der Waals surface area contributed by atoms with Crippen molar-refractivity contribution in [2.24, 2.45) is 4.99 Å². The summed E-state index contributed by atoms with van der Waals surface area (Å²) in [4.78, 5) is 35.5. The van der Waals surface area contributed by atoms with E-state index in [1.807, 2.05) is 49.4 Å². The van der Waals surface area contributed by atoms with Crippen LogP contribution in [-0.2, 0) is 11.2 Å². The molecule has 2 heterocycles. The lowest BCUT2D eigenvalue weighted by molar-refractivity contribution is -0.274. The SMILES string of the molecule is Cc1cccc(N2C(=O)CS/C2=N\C(=O)NCCCCc2ccc(-c3ncn(-c4ccc(OC(F)(F)F)cc4)n3)cc2)c1C(C)C. The van der Waals surface area contributed by atoms with E-state index in [2.05, 4.69) is 39.0 Å². The maximum absolute atomic E-state index is 12.7. The van der Waals surface area contributed by atoms with E-state index < -0.39 is 12.4 Å². The van der Waals surface area contributed by atoms with Crippen molar-refractivity contribution >= 4 is 34.6 Å². The molecule has 0 bridgehead atoms. The topological polar surface area (TPSA) is 102 Å². The Morgan fingerprint density at radius 1 is 1.07 bits per heavy atom. The van der Waals surface area contributed by atoms with E-state index in [1.165, 1.54) is 47.0 Å². The standard InChI is InChI=1S/C33H33F3N6O3S/c1-21(2)29-22(3)7-6-9-27(29)42-28(43)19-46-32(42)39-31(44)37-18-5-4-8-23-10-12-24(13-11-23)30-38-20-41(40-30)25-14-16-26(17-15-25)45-33(34,35)36/h6-7,9-17,20-21H,4-5,8,18-19H2,1-3H3,(H,37,44)/b39-32-. The van der Waals surface area contributed by atoms with Crippen LogP contribution in [0, 0.1) is 6.92 Å². The zero-order valence-electron chi connectivity index (χ0n) is 25.5. The molecule has 1 aliphatic rings. The van der Waals surface area contributed by atoms with E-state index in [-0.39, 0.29) is 23.3 Å². The summed E-state index contributed by atoms with van der Waals surface area (Å²) in [5.74, 6) is 0.532. The summed E-state index contributed by atoms with van der Waals surface area (Å²) < 4.78 is 42.6. The van der Waals surface area contributed by atoms with E-state index in [0.717, 1.165) is 47.2 Å². The van der Waals surface area contributed by atoms with Gasteiger partial charge in [-0.05, 0) is 79.1 Å². The highest BCUT2D eigenvalue weighted by Gasteiger charge is 2.33. The van der Waals surface area contributed by atoms with E-state index in [1.54, 1.807) is 4.90 Å². The molecule has 0 radical (unpaired) electrons. The Hall–Kier alpha value is -4.65. The molecule has 4 aromatic rings. The van der Waals surface area contributed by atoms with Gasteiger partial charge in [0.25, 0.3) is 0 Å². The lowest BCUT2D eigenvalue weighted by atomic mass is 9.95. The first-order valence-corrected chi connectivity index (χ1v) is 15.8. The smallest absolute Gasteiger partial charge is 0.406 e. The van der Waals surface area contributed by atoms with E-state index in [4.69, 9.17) is 0 Å². The van der Waals surface area contributed by atoms with Gasteiger partial charge < -0.3 is 10.1 Å². The number of carbonyl (C=O) groups excluding carboxylic acids is 2. The van der Waals surface area contributed by atoms with Gasteiger partial charge in [-0.3, -0.25) is 9.69 Å². The molecule has 0 spiro atoms. The number of urea groups is 1. The molecule has 1 N–H and O–H groups in total. The molecule has 1 aliphatic heterocycles. The minimum absolute atomic E-state index is 0.0904. The van der Waals surface area contributed by atoms with Gasteiger partial charge in [-0.1, -0.05) is 62.0 Å². The van der Waals surface area contributed by atoms with Gasteiger partial charge >= 0.3 is 12.4 Å². The maximum Gasteiger partial charge on any atom is 0.573 e. The summed E-state index contributed by atoms with van der Waals surface area (Å²) in [5, 5.41) is 7.66. The predicted molar refractivity (Wildman–Crippen MR) is 172 cm³/mol. The molecule has 9 nitrogen and oxygen atoms in total. The molecule has 5 rings (SSSR count). The van der Waals surface area contributed by atoms with Crippen molar-refractivity contribution in [3.63, 3.8) is 0 Å². The Kier molecular flexibility index (Phi) is 10.1. The number of ether oxygens (including phenoxy) is 1. The number of aliphatic imine (C=N–C) groups is 1. The van der Waals surface area contributed by atoms with E-state index in [9.17, 15) is 22.8 Å². The molecule has 0 atom stereocenters. The molecule has 0 unspecified atom stereocenters. The molecular formula is C33H33F3N6O3S. The molecule has 1 fully saturated rings. The van der Waals surface area contributed by atoms with E-state index >= 15 is 0 Å². The first-order chi connectivity index (χ1) is 22.0. The zero-order chi connectivity index (χ0) is 32.8. The van der Waals surface area contributed by atoms with Crippen molar-refractivity contribution in [2.75, 3.05) is 17.2 Å². The number of unbranched alkanes of at least 4 members (excludes halogenated alkanes) is 1. The third-order valence-electron chi connectivity index (χ3n) is 7.29. The van der Waals surface area contributed by atoms with Gasteiger partial charge in [-0.25, -0.2) is 14.5 Å². The van der Waals surface area contributed by atoms with Crippen LogP contribution in [0.4, 0.5) is 23.7 Å². The highest BCUT2D eigenvalue weighted by atomic mass is 32.2. The Bertz CT molecular complexity index is 1720. The molecule has 0 aliphatic carbocycles. The van der Waals surface area contributed by atoms with Crippen LogP contribution < -0.4 is 15.0 Å². The molecule has 3 aromatic carbocycles. The first-order valence-electron chi connectivity index (χ1n) is 14.8. The van der Waals surface area contributed by atoms with Crippen LogP contribution in [0.2, 0.25) is 0 Å². The predicted octanol–water partition coefficient (Wildman–Crippen LogP) is 7.43. The molecule has 3 amide bonds. The number of benzene rings is 3. The van der Waals surface area contributed by atoms with Gasteiger partial charge in [-0.2, -0.15) is 4.99 Å². The number of aromatic nitrogens is 3. The van der Waals surface area contributed by atoms with Crippen LogP contribution in [-0.4, -0.2) is 50.5 Å². The Morgan fingerprint density at radius 2 is 1.80 bits per heavy atom. The quantitative estimate of drug-likeness (QED) is 0.179. The number of thioether (sulfide) groups is 1. The average Bonchev–Trinajstić information content (AvgIpc) is 3.63. The fourth-order valence-electron chi connectivity index (χ4n) is 5.21. The number of alkyl halides is 3. The molecular weight excluding hydrogens is 617 g/mol. The van der Waals surface area contributed by atoms with Gasteiger partial charge in [-0.15, -0.1) is 18.3 Å². The third-order valence-corrected chi connectivity index (χ3v) is 8.21. The summed E-state index contributed by atoms with van der Waals surface area (Å²) >= 11 is 1.27. The first kappa shape index (κ1) is 32.7. The van der Waals surface area contributed by atoms with Gasteiger partial charge in [0.1, 0.15) is 12.1 Å². The average molecular weight is 651 g/mol. The van der Waals surface area contributed by atoms with Crippen molar-refractivity contribution in [3.05, 3.63) is 89.7 Å². The van der Waals surface area contributed by atoms with Crippen LogP contribution in [0.25, 0.3) is 17.1 Å². The van der Waals surface area contributed by atoms with E-state index in [0.29, 0.717) is 23.2 Å². The Labute approximate surface area is 268 Å². The van der Waals surface area contributed by atoms with Crippen molar-refractivity contribution in [1.82, 2.24) is 20.1 Å². The normalized spacial score (nSPS) is 14.4. The highest BCUT2D eigenvalue weighted by Crippen LogP contribution is 2.35. The van der Waals surface area contributed by atoms with Crippen LogP contribution in [0.15, 0.2) is 78.0 Å². The zero-order valence-corrected chi connectivity index (χ0v) is 26.4. The van der Waals surface area contributed by atoms with Crippen molar-refractivity contribution < 1.29 is 27.5 Å². The number of nitrogens with one attached hydrogen (secondary N) is 1. The number of hydrogen-bond donors (Lipinski definition) is 1. The minimum atomic E-state index is -4.75. The number of rotatable bonds is 10. The van der Waals surface area contributed by atoms with Crippen LogP contribution in [0.1, 0.15) is 49.3 Å². The second-order valence-corrected chi connectivity index (χ2v) is 12.0. The monoisotopic (exact) mass is 650 g/mol. The summed E-state index contributed by atoms with van der Waals surface area (Å²) in [6.45, 7) is 6.64. The number of amidine groups is 1. The number of halogens is 3. The number of carbonyl (C=O) groups is 2. The molecule has 46 heavy (non-hydrogen) atoms. The number of amides is 3. The summed E-state index contributed by atoms with van der Waals surface area (Å²) in [6, 6.07) is 18.5. The summed E-state index contributed by atoms with van der Waals surface area (Å²) in [6.07, 6.45) is -0.850. The van der Waals surface area contributed by atoms with Crippen LogP contribution in [0.3, 0.4) is 0 Å². The highest BCUT2D eigenvalue weighted by molar-refractivity contribution is 8.15. The van der Waals surface area contributed by atoms with Gasteiger partial charge in [0.15, 0.2) is 11.0 Å². The number of hydrogen-bond acceptors (Lipinski definition) is 6. The van der Waals surface area contributed by atoms with Gasteiger partial charge in [0.2, 0.25) is 5.91 Å². The second-order valence-electron chi connectivity index (χ2n) is 11.0. The molecule has 1 aromatic heterocycles. The lowest BCUT2D eigenvalue weighted by Crippen LogP contribution is -2.32. The largest absolute Gasteiger partial charge is 0.573 e. The number of nitrogens with zero attached hydrogens (tertiary/aromatic N) is 5. The summed E-state index contributed by atoms with van der Waals surface area (Å²) in [5.41, 5.74) is 5.40. The van der Waals surface area contributed by atoms with Crippen molar-refractivity contribution in [1.29, 1.82) is 0 Å².